The van der Waals surface area contributed by atoms with Crippen LogP contribution in [0.15, 0.2) is 123 Å². The molecule has 2 aliphatic rings. The van der Waals surface area contributed by atoms with E-state index in [1.165, 1.54) is 22.9 Å². The SMILES string of the molecule is C/C(=N\OCCO)c1ccc2nnc(Sc3ccc4ncc(CN5CCOCC5)cc4c3)n2c1.CC(=O)c1ccc2nnc(Sc3ccc4ncc(CN5CCOCC5)cc4c3)n2c1.NOCCO. The van der Waals surface area contributed by atoms with E-state index >= 15 is 0 Å². The van der Waals surface area contributed by atoms with Gasteiger partial charge in [-0.05, 0) is 121 Å². The highest BCUT2D eigenvalue weighted by molar-refractivity contribution is 7.99. The molecule has 0 radical (unpaired) electrons. The molecule has 69 heavy (non-hydrogen) atoms. The van der Waals surface area contributed by atoms with E-state index < -0.39 is 0 Å². The highest BCUT2D eigenvalue weighted by Crippen LogP contribution is 2.31. The monoisotopic (exact) mass is 974 g/mol. The second kappa shape index (κ2) is 24.5. The maximum absolute atomic E-state index is 11.7. The summed E-state index contributed by atoms with van der Waals surface area (Å²) < 4.78 is 14.7. The van der Waals surface area contributed by atoms with Crippen LogP contribution in [0.1, 0.15) is 40.9 Å². The molecule has 0 unspecified atom stereocenters. The molecule has 2 aromatic carbocycles. The summed E-state index contributed by atoms with van der Waals surface area (Å²) in [6.07, 6.45) is 7.66. The molecule has 10 rings (SSSR count). The highest BCUT2D eigenvalue weighted by Gasteiger charge is 2.15. The highest BCUT2D eigenvalue weighted by atomic mass is 32.2. The van der Waals surface area contributed by atoms with Crippen LogP contribution in [0.5, 0.6) is 0 Å². The minimum atomic E-state index is -0.0714. The Balaban J connectivity index is 0.000000171. The first kappa shape index (κ1) is 49.4. The fourth-order valence-electron chi connectivity index (χ4n) is 7.45. The molecule has 21 heteroatoms. The fraction of sp³-hybridized carbons (Fsp3) is 0.333. The van der Waals surface area contributed by atoms with Crippen LogP contribution in [0.4, 0.5) is 0 Å². The van der Waals surface area contributed by atoms with E-state index in [0.29, 0.717) is 11.3 Å². The Morgan fingerprint density at radius 1 is 0.667 bits per heavy atom. The number of nitrogens with zero attached hydrogens (tertiary/aromatic N) is 11. The van der Waals surface area contributed by atoms with Crippen LogP contribution in [0.2, 0.25) is 0 Å². The number of hydrogen-bond acceptors (Lipinski definition) is 19. The number of carbonyl (C=O) groups is 1. The van der Waals surface area contributed by atoms with E-state index in [1.54, 1.807) is 30.9 Å². The summed E-state index contributed by atoms with van der Waals surface area (Å²) in [5.74, 6) is 4.50. The molecule has 0 bridgehead atoms. The predicted octanol–water partition coefficient (Wildman–Crippen LogP) is 5.33. The number of nitrogens with two attached hydrogens (primary N) is 1. The lowest BCUT2D eigenvalue weighted by Crippen LogP contribution is -2.35. The van der Waals surface area contributed by atoms with Crippen LogP contribution in [-0.2, 0) is 32.2 Å². The number of rotatable bonds is 15. The van der Waals surface area contributed by atoms with Crippen LogP contribution >= 0.6 is 23.5 Å². The minimum Gasteiger partial charge on any atom is -0.394 e. The zero-order valence-corrected chi connectivity index (χ0v) is 40.0. The molecule has 0 saturated carbocycles. The number of aliphatic hydroxyl groups excluding tert-OH is 2. The van der Waals surface area contributed by atoms with Gasteiger partial charge in [0.1, 0.15) is 6.61 Å². The third kappa shape index (κ3) is 13.4. The van der Waals surface area contributed by atoms with Gasteiger partial charge in [-0.15, -0.1) is 20.4 Å². The predicted molar refractivity (Wildman–Crippen MR) is 262 cm³/mol. The third-order valence-electron chi connectivity index (χ3n) is 11.0. The van der Waals surface area contributed by atoms with Crippen molar-refractivity contribution in [2.24, 2.45) is 11.1 Å². The van der Waals surface area contributed by atoms with Gasteiger partial charge in [0, 0.05) is 95.7 Å². The van der Waals surface area contributed by atoms with E-state index in [2.05, 4.69) is 86.4 Å². The number of oxime groups is 1. The molecular weight excluding hydrogens is 921 g/mol. The Hall–Kier alpha value is -5.98. The largest absolute Gasteiger partial charge is 0.394 e. The van der Waals surface area contributed by atoms with Crippen molar-refractivity contribution in [2.45, 2.75) is 47.0 Å². The second-order valence-corrected chi connectivity index (χ2v) is 18.1. The van der Waals surface area contributed by atoms with E-state index in [4.69, 9.17) is 24.5 Å². The van der Waals surface area contributed by atoms with Crippen molar-refractivity contribution in [3.63, 3.8) is 0 Å². The number of carbonyl (C=O) groups excluding carboxylic acids is 1. The topological polar surface area (TPSA) is 225 Å². The Kier molecular flexibility index (Phi) is 17.6. The van der Waals surface area contributed by atoms with Gasteiger partial charge in [0.25, 0.3) is 0 Å². The van der Waals surface area contributed by atoms with Gasteiger partial charge in [0.15, 0.2) is 27.4 Å². The summed E-state index contributed by atoms with van der Waals surface area (Å²) in [4.78, 5) is 36.9. The number of benzene rings is 2. The van der Waals surface area contributed by atoms with Gasteiger partial charge < -0.3 is 29.4 Å². The molecule has 2 aliphatic heterocycles. The number of Topliss-reactive ketones (excluding diaryl/α,β-unsaturated/α-hetero) is 1. The van der Waals surface area contributed by atoms with Crippen LogP contribution in [0, 0.1) is 0 Å². The first-order chi connectivity index (χ1) is 33.8. The first-order valence-corrected chi connectivity index (χ1v) is 24.0. The Labute approximate surface area is 406 Å². The lowest BCUT2D eigenvalue weighted by atomic mass is 10.1. The van der Waals surface area contributed by atoms with Crippen molar-refractivity contribution < 1.29 is 34.2 Å². The first-order valence-electron chi connectivity index (χ1n) is 22.4. The average molecular weight is 975 g/mol. The maximum atomic E-state index is 11.7. The lowest BCUT2D eigenvalue weighted by molar-refractivity contribution is 0.0341. The van der Waals surface area contributed by atoms with Crippen molar-refractivity contribution in [2.75, 3.05) is 79.0 Å². The molecule has 2 fully saturated rings. The number of ketones is 1. The van der Waals surface area contributed by atoms with Crippen molar-refractivity contribution in [1.82, 2.24) is 49.0 Å². The summed E-state index contributed by atoms with van der Waals surface area (Å²) in [5.41, 5.74) is 8.06. The zero-order valence-electron chi connectivity index (χ0n) is 38.4. The summed E-state index contributed by atoms with van der Waals surface area (Å²) in [5, 5.41) is 41.7. The second-order valence-electron chi connectivity index (χ2n) is 16.0. The van der Waals surface area contributed by atoms with Crippen LogP contribution < -0.4 is 5.90 Å². The summed E-state index contributed by atoms with van der Waals surface area (Å²) in [6, 6.07) is 24.3. The fourth-order valence-corrected chi connectivity index (χ4v) is 9.16. The number of aromatic nitrogens is 8. The minimum absolute atomic E-state index is 0.00347. The Bertz CT molecular complexity index is 3010. The summed E-state index contributed by atoms with van der Waals surface area (Å²) >= 11 is 3.08. The van der Waals surface area contributed by atoms with E-state index in [9.17, 15) is 4.79 Å². The maximum Gasteiger partial charge on any atom is 0.200 e. The number of aliphatic hydroxyl groups is 2. The molecule has 360 valence electrons. The summed E-state index contributed by atoms with van der Waals surface area (Å²) in [7, 11) is 0. The number of ether oxygens (including phenoxy) is 2. The van der Waals surface area contributed by atoms with Crippen LogP contribution in [-0.4, -0.2) is 150 Å². The van der Waals surface area contributed by atoms with Gasteiger partial charge in [0.2, 0.25) is 0 Å². The molecule has 2 saturated heterocycles. The Morgan fingerprint density at radius 3 is 1.62 bits per heavy atom. The molecule has 8 aromatic rings. The number of pyridine rings is 4. The van der Waals surface area contributed by atoms with Gasteiger partial charge in [-0.3, -0.25) is 33.4 Å². The standard InChI is InChI=1S/C24H26N6O3S.C22H21N5O2S.C2H7NO2/c1-17(28-33-11-8-31)19-2-5-23-26-27-24(30(23)16-19)34-21-3-4-22-20(13-21)12-18(14-25-22)15-29-6-9-32-10-7-29;1-15(28)17-2-5-21-24-25-22(27(21)14-17)30-19-3-4-20-18(11-19)10-16(12-23-20)13-26-6-8-29-9-7-26;3-5-2-1-4/h2-5,12-14,16,31H,6-11,15H2,1H3;2-5,10-12,14H,6-9,13H2,1H3;4H,1-3H2/b28-17+;;. The van der Waals surface area contributed by atoms with Crippen LogP contribution in [0.25, 0.3) is 33.1 Å². The molecule has 0 amide bonds. The van der Waals surface area contributed by atoms with Gasteiger partial charge in [-0.25, -0.2) is 5.90 Å². The third-order valence-corrected chi connectivity index (χ3v) is 12.9. The molecule has 0 spiro atoms. The Morgan fingerprint density at radius 2 is 1.16 bits per heavy atom. The number of hydrogen-bond donors (Lipinski definition) is 3. The molecular formula is C48H54N12O7S2. The molecule has 6 aromatic heterocycles. The smallest absolute Gasteiger partial charge is 0.200 e. The van der Waals surface area contributed by atoms with Crippen molar-refractivity contribution >= 4 is 68.1 Å². The van der Waals surface area contributed by atoms with Gasteiger partial charge in [0.05, 0.1) is 63.0 Å². The average Bonchev–Trinajstić information content (AvgIpc) is 3.97. The summed E-state index contributed by atoms with van der Waals surface area (Å²) in [6.45, 7) is 12.5. The molecule has 8 heterocycles. The molecule has 19 nitrogen and oxygen atoms in total. The zero-order chi connectivity index (χ0) is 48.0. The van der Waals surface area contributed by atoms with E-state index in [0.717, 1.165) is 124 Å². The van der Waals surface area contributed by atoms with Crippen molar-refractivity contribution in [3.8, 4) is 0 Å². The lowest BCUT2D eigenvalue weighted by Gasteiger charge is -2.26. The van der Waals surface area contributed by atoms with E-state index in [-0.39, 0.29) is 32.2 Å². The number of morpholine rings is 2. The van der Waals surface area contributed by atoms with Gasteiger partial charge >= 0.3 is 0 Å². The van der Waals surface area contributed by atoms with Gasteiger partial charge in [-0.2, -0.15) is 0 Å². The van der Waals surface area contributed by atoms with Crippen molar-refractivity contribution in [3.05, 3.63) is 120 Å². The van der Waals surface area contributed by atoms with Crippen molar-refractivity contribution in [1.29, 1.82) is 0 Å². The molecule has 4 N–H and O–H groups in total. The van der Waals surface area contributed by atoms with E-state index in [1.807, 2.05) is 70.7 Å². The quantitative estimate of drug-likeness (QED) is 0.0511. The normalized spacial score (nSPS) is 14.7. The number of fused-ring (bicyclic) bond motifs is 4. The molecule has 0 atom stereocenters. The van der Waals surface area contributed by atoms with Gasteiger partial charge in [-0.1, -0.05) is 5.16 Å². The molecule has 0 aliphatic carbocycles. The van der Waals surface area contributed by atoms with Crippen LogP contribution in [0.3, 0.4) is 0 Å².